The third-order valence-corrected chi connectivity index (χ3v) is 9.08. The molecule has 0 N–H and O–H groups in total. The van der Waals surface area contributed by atoms with Crippen LogP contribution in [0, 0.1) is 20.8 Å². The first-order valence-corrected chi connectivity index (χ1v) is 17.6. The summed E-state index contributed by atoms with van der Waals surface area (Å²) in [6.07, 6.45) is -16.7. The summed E-state index contributed by atoms with van der Waals surface area (Å²) in [5, 5.41) is 12.0. The van der Waals surface area contributed by atoms with Gasteiger partial charge in [-0.2, -0.15) is 0 Å². The summed E-state index contributed by atoms with van der Waals surface area (Å²) in [4.78, 5) is 38.8. The molecule has 0 bridgehead atoms. The third-order valence-electron chi connectivity index (χ3n) is 7.89. The van der Waals surface area contributed by atoms with E-state index in [0.29, 0.717) is 14.0 Å². The molecule has 58 heavy (non-hydrogen) atoms. The van der Waals surface area contributed by atoms with Gasteiger partial charge in [0.25, 0.3) is 0 Å². The Morgan fingerprint density at radius 2 is 0.672 bits per heavy atom. The number of aromatic nitrogens is 6. The number of halogens is 9. The van der Waals surface area contributed by atoms with E-state index >= 15 is 0 Å². The SMILES string of the molecule is Cc1nn(-c2ccccc2)c([O][Fe]([O]c2c(C(=O)C(F)(F)F)c(C)nn2-c2ccccc2)[O]c2c(C(=O)C(F)(F)F)c(C)nn2-c2ccccc2)c1C(=O)C(F)(F)F. The minimum atomic E-state index is -5.58. The van der Waals surface area contributed by atoms with Gasteiger partial charge in [-0.1, -0.05) is 0 Å². The molecule has 0 unspecified atom stereocenters. The molecule has 305 valence electrons. The van der Waals surface area contributed by atoms with Crippen LogP contribution in [0.4, 0.5) is 39.5 Å². The summed E-state index contributed by atoms with van der Waals surface area (Å²) >= 11 is -4.12. The van der Waals surface area contributed by atoms with Crippen LogP contribution in [0.3, 0.4) is 0 Å². The number of carbonyl (C=O) groups excluding carboxylic acids is 3. The van der Waals surface area contributed by atoms with E-state index in [0.717, 1.165) is 20.8 Å². The second-order valence-electron chi connectivity index (χ2n) is 11.9. The molecule has 3 aromatic carbocycles. The maximum atomic E-state index is 14.1. The number of para-hydroxylation sites is 3. The average molecular weight is 863 g/mol. The Bertz CT molecular complexity index is 2220. The quantitative estimate of drug-likeness (QED) is 0.0677. The van der Waals surface area contributed by atoms with Gasteiger partial charge in [0.1, 0.15) is 0 Å². The molecule has 6 aromatic rings. The molecule has 0 saturated heterocycles. The number of alkyl halides is 9. The van der Waals surface area contributed by atoms with Crippen LogP contribution >= 0.6 is 0 Å². The number of benzene rings is 3. The fourth-order valence-electron chi connectivity index (χ4n) is 5.37. The number of nitrogens with zero attached hydrogens (tertiary/aromatic N) is 6. The van der Waals surface area contributed by atoms with Gasteiger partial charge in [-0.3, -0.25) is 0 Å². The maximum absolute atomic E-state index is 14.1. The Labute approximate surface area is 325 Å². The fraction of sp³-hybridized carbons (Fsp3) is 0.167. The molecule has 0 aliphatic heterocycles. The molecular formula is C36H24F9FeN6O6. The van der Waals surface area contributed by atoms with E-state index in [-0.39, 0.29) is 17.1 Å². The second kappa shape index (κ2) is 15.5. The van der Waals surface area contributed by atoms with Gasteiger partial charge in [-0.15, -0.1) is 0 Å². The summed E-state index contributed by atoms with van der Waals surface area (Å²) < 4.78 is 147. The number of aryl methyl sites for hydroxylation is 3. The van der Waals surface area contributed by atoms with Crippen LogP contribution in [0.25, 0.3) is 17.1 Å². The number of rotatable bonds is 12. The molecular weight excluding hydrogens is 839 g/mol. The predicted molar refractivity (Wildman–Crippen MR) is 178 cm³/mol. The van der Waals surface area contributed by atoms with Crippen molar-refractivity contribution in [1.82, 2.24) is 29.3 Å². The van der Waals surface area contributed by atoms with Crippen molar-refractivity contribution in [2.75, 3.05) is 0 Å². The van der Waals surface area contributed by atoms with E-state index in [1.165, 1.54) is 91.0 Å². The van der Waals surface area contributed by atoms with Crippen molar-refractivity contribution in [3.63, 3.8) is 0 Å². The normalized spacial score (nSPS) is 12.3. The summed E-state index contributed by atoms with van der Waals surface area (Å²) in [6, 6.07) is 21.0. The Hall–Kier alpha value is -6.41. The van der Waals surface area contributed by atoms with Crippen molar-refractivity contribution in [1.29, 1.82) is 0 Å². The van der Waals surface area contributed by atoms with Crippen molar-refractivity contribution in [2.24, 2.45) is 0 Å². The Kier molecular flexibility index (Phi) is 11.0. The van der Waals surface area contributed by atoms with Gasteiger partial charge in [-0.25, -0.2) is 0 Å². The molecule has 0 aliphatic carbocycles. The Morgan fingerprint density at radius 3 is 0.879 bits per heavy atom. The van der Waals surface area contributed by atoms with Crippen molar-refractivity contribution in [2.45, 2.75) is 39.3 Å². The number of hydrogen-bond acceptors (Lipinski definition) is 9. The summed E-state index contributed by atoms with van der Waals surface area (Å²) in [5.74, 6) is -10.8. The summed E-state index contributed by atoms with van der Waals surface area (Å²) in [5.41, 5.74) is -5.65. The van der Waals surface area contributed by atoms with Crippen LogP contribution in [-0.4, -0.2) is 65.2 Å². The number of Topliss-reactive ketones (excluding diaryl/α,β-unsaturated/α-hetero) is 3. The Morgan fingerprint density at radius 1 is 0.448 bits per heavy atom. The van der Waals surface area contributed by atoms with E-state index < -0.39 is 102 Å². The van der Waals surface area contributed by atoms with E-state index in [4.69, 9.17) is 11.5 Å². The monoisotopic (exact) mass is 863 g/mol. The zero-order valence-electron chi connectivity index (χ0n) is 29.5. The molecule has 22 heteroatoms. The van der Waals surface area contributed by atoms with E-state index in [1.807, 2.05) is 0 Å². The molecule has 0 spiro atoms. The zero-order valence-corrected chi connectivity index (χ0v) is 30.7. The average Bonchev–Trinajstić information content (AvgIpc) is 3.79. The fourth-order valence-corrected chi connectivity index (χ4v) is 6.66. The van der Waals surface area contributed by atoms with E-state index in [2.05, 4.69) is 15.3 Å². The third kappa shape index (κ3) is 8.19. The molecule has 3 aromatic heterocycles. The number of ketones is 3. The first-order valence-electron chi connectivity index (χ1n) is 16.2. The van der Waals surface area contributed by atoms with Crippen molar-refractivity contribution >= 4 is 17.3 Å². The van der Waals surface area contributed by atoms with Crippen LogP contribution in [0.2, 0.25) is 0 Å². The van der Waals surface area contributed by atoms with Gasteiger partial charge in [0, 0.05) is 0 Å². The molecule has 6 rings (SSSR count). The van der Waals surface area contributed by atoms with Crippen molar-refractivity contribution in [3.05, 3.63) is 125 Å². The molecule has 0 amide bonds. The minimum absolute atomic E-state index is 0.0452. The van der Waals surface area contributed by atoms with Gasteiger partial charge in [0.05, 0.1) is 0 Å². The summed E-state index contributed by atoms with van der Waals surface area (Å²) in [7, 11) is 0. The molecule has 3 heterocycles. The van der Waals surface area contributed by atoms with Gasteiger partial charge >= 0.3 is 326 Å². The molecule has 0 atom stereocenters. The van der Waals surface area contributed by atoms with Crippen LogP contribution in [0.15, 0.2) is 91.0 Å². The molecule has 12 nitrogen and oxygen atoms in total. The predicted octanol–water partition coefficient (Wildman–Crippen LogP) is 8.30. The Balaban J connectivity index is 1.65. The number of hydrogen-bond donors (Lipinski definition) is 0. The first-order chi connectivity index (χ1) is 27.2. The molecule has 0 radical (unpaired) electrons. The van der Waals surface area contributed by atoms with E-state index in [9.17, 15) is 53.9 Å². The van der Waals surface area contributed by atoms with Crippen LogP contribution in [-0.2, 0) is 14.9 Å². The zero-order chi connectivity index (χ0) is 42.3. The second-order valence-corrected chi connectivity index (χ2v) is 13.1. The topological polar surface area (TPSA) is 132 Å². The summed E-state index contributed by atoms with van der Waals surface area (Å²) in [6.45, 7) is 3.00. The van der Waals surface area contributed by atoms with Crippen LogP contribution < -0.4 is 11.5 Å². The van der Waals surface area contributed by atoms with Crippen LogP contribution in [0.5, 0.6) is 17.6 Å². The molecule has 0 fully saturated rings. The van der Waals surface area contributed by atoms with Crippen molar-refractivity contribution < 1.29 is 80.2 Å². The standard InChI is InChI=1S/3C12H9F3N2O2.Fe/c3*1-7-9(10(18)12(13,14)15)11(19)17(16-7)8-5-3-2-4-6-8;/h3*2-6,19H,1H3;/q;;;+3/p-3. The number of carbonyl (C=O) groups is 3. The molecule has 0 saturated carbocycles. The van der Waals surface area contributed by atoms with Gasteiger partial charge < -0.3 is 0 Å². The van der Waals surface area contributed by atoms with Gasteiger partial charge in [0.2, 0.25) is 0 Å². The van der Waals surface area contributed by atoms with Crippen LogP contribution in [0.1, 0.15) is 48.2 Å². The molecule has 0 aliphatic rings. The first kappa shape index (κ1) is 41.2. The van der Waals surface area contributed by atoms with Gasteiger partial charge in [0.15, 0.2) is 0 Å². The van der Waals surface area contributed by atoms with E-state index in [1.54, 1.807) is 0 Å². The van der Waals surface area contributed by atoms with Gasteiger partial charge in [-0.05, 0) is 0 Å². The van der Waals surface area contributed by atoms with Crippen molar-refractivity contribution in [3.8, 4) is 34.7 Å².